The highest BCUT2D eigenvalue weighted by Gasteiger charge is 2.26. The average molecular weight is 173 g/mol. The van der Waals surface area contributed by atoms with Crippen molar-refractivity contribution < 1.29 is 14.6 Å². The molecule has 0 aromatic carbocycles. The van der Waals surface area contributed by atoms with Crippen molar-refractivity contribution in [1.29, 1.82) is 0 Å². The molecule has 0 aromatic heterocycles. The van der Waals surface area contributed by atoms with E-state index in [1.807, 2.05) is 0 Å². The second-order valence-electron chi connectivity index (χ2n) is 3.08. The van der Waals surface area contributed by atoms with Gasteiger partial charge in [-0.25, -0.2) is 0 Å². The lowest BCUT2D eigenvalue weighted by Crippen LogP contribution is -2.43. The van der Waals surface area contributed by atoms with Crippen LogP contribution in [0.2, 0.25) is 0 Å². The van der Waals surface area contributed by atoms with Crippen LogP contribution in [0, 0.1) is 5.92 Å². The molecular weight excluding hydrogens is 158 g/mol. The van der Waals surface area contributed by atoms with Crippen LogP contribution in [0.3, 0.4) is 0 Å². The summed E-state index contributed by atoms with van der Waals surface area (Å²) >= 11 is 0. The second kappa shape index (κ2) is 4.42. The number of carbonyl (C=O) groups excluding carboxylic acids is 1. The maximum atomic E-state index is 10.6. The van der Waals surface area contributed by atoms with E-state index in [1.165, 1.54) is 6.92 Å². The Bertz CT molecular complexity index is 160. The number of hydrogen-bond donors (Lipinski definition) is 2. The van der Waals surface area contributed by atoms with Gasteiger partial charge >= 0.3 is 5.97 Å². The van der Waals surface area contributed by atoms with E-state index in [9.17, 15) is 4.79 Å². The highest BCUT2D eigenvalue weighted by atomic mass is 16.5. The Kier molecular flexibility index (Phi) is 3.49. The molecule has 4 nitrogen and oxygen atoms in total. The molecule has 1 aliphatic rings. The van der Waals surface area contributed by atoms with Crippen molar-refractivity contribution in [2.24, 2.45) is 5.92 Å². The SMILES string of the molecule is CC(=O)OC1CCNCC1CO. The fraction of sp³-hybridized carbons (Fsp3) is 0.875. The van der Waals surface area contributed by atoms with Crippen molar-refractivity contribution in [3.05, 3.63) is 0 Å². The summed E-state index contributed by atoms with van der Waals surface area (Å²) in [7, 11) is 0. The minimum Gasteiger partial charge on any atom is -0.462 e. The van der Waals surface area contributed by atoms with Gasteiger partial charge in [0.15, 0.2) is 0 Å². The second-order valence-corrected chi connectivity index (χ2v) is 3.08. The molecule has 1 aliphatic heterocycles. The van der Waals surface area contributed by atoms with Crippen LogP contribution < -0.4 is 5.32 Å². The van der Waals surface area contributed by atoms with Gasteiger partial charge in [-0.05, 0) is 13.0 Å². The fourth-order valence-electron chi connectivity index (χ4n) is 1.45. The molecule has 0 amide bonds. The highest BCUT2D eigenvalue weighted by Crippen LogP contribution is 2.14. The molecule has 0 radical (unpaired) electrons. The molecule has 2 N–H and O–H groups in total. The quantitative estimate of drug-likeness (QED) is 0.554. The summed E-state index contributed by atoms with van der Waals surface area (Å²) in [6.07, 6.45) is 0.693. The lowest BCUT2D eigenvalue weighted by molar-refractivity contribution is -0.151. The molecule has 0 aliphatic carbocycles. The van der Waals surface area contributed by atoms with Gasteiger partial charge in [-0.2, -0.15) is 0 Å². The van der Waals surface area contributed by atoms with E-state index in [-0.39, 0.29) is 24.6 Å². The molecule has 12 heavy (non-hydrogen) atoms. The first-order valence-corrected chi connectivity index (χ1v) is 4.23. The van der Waals surface area contributed by atoms with Crippen molar-refractivity contribution >= 4 is 5.97 Å². The van der Waals surface area contributed by atoms with E-state index in [1.54, 1.807) is 0 Å². The number of esters is 1. The molecule has 2 atom stereocenters. The first-order valence-electron chi connectivity index (χ1n) is 4.23. The Morgan fingerprint density at radius 1 is 1.75 bits per heavy atom. The Morgan fingerprint density at radius 2 is 2.50 bits per heavy atom. The number of ether oxygens (including phenoxy) is 1. The highest BCUT2D eigenvalue weighted by molar-refractivity contribution is 5.66. The van der Waals surface area contributed by atoms with E-state index >= 15 is 0 Å². The van der Waals surface area contributed by atoms with Gasteiger partial charge in [-0.15, -0.1) is 0 Å². The molecule has 0 bridgehead atoms. The topological polar surface area (TPSA) is 58.6 Å². The van der Waals surface area contributed by atoms with Crippen LogP contribution in [-0.4, -0.2) is 36.9 Å². The number of aliphatic hydroxyl groups is 1. The van der Waals surface area contributed by atoms with Gasteiger partial charge in [0.05, 0.1) is 6.61 Å². The largest absolute Gasteiger partial charge is 0.462 e. The summed E-state index contributed by atoms with van der Waals surface area (Å²) in [5, 5.41) is 12.1. The first kappa shape index (κ1) is 9.48. The molecule has 0 spiro atoms. The van der Waals surface area contributed by atoms with Crippen LogP contribution in [-0.2, 0) is 9.53 Å². The number of nitrogens with one attached hydrogen (secondary N) is 1. The van der Waals surface area contributed by atoms with Gasteiger partial charge in [-0.1, -0.05) is 0 Å². The predicted octanol–water partition coefficient (Wildman–Crippen LogP) is -0.480. The van der Waals surface area contributed by atoms with E-state index in [0.29, 0.717) is 0 Å². The monoisotopic (exact) mass is 173 g/mol. The van der Waals surface area contributed by atoms with Crippen LogP contribution in [0.1, 0.15) is 13.3 Å². The third kappa shape index (κ3) is 2.46. The van der Waals surface area contributed by atoms with Crippen LogP contribution in [0.15, 0.2) is 0 Å². The zero-order valence-electron chi connectivity index (χ0n) is 7.25. The third-order valence-electron chi connectivity index (χ3n) is 2.09. The molecular formula is C8H15NO3. The molecule has 0 saturated carbocycles. The summed E-state index contributed by atoms with van der Waals surface area (Å²) in [5.41, 5.74) is 0. The van der Waals surface area contributed by atoms with Crippen LogP contribution in [0.4, 0.5) is 0 Å². The maximum absolute atomic E-state index is 10.6. The lowest BCUT2D eigenvalue weighted by Gasteiger charge is -2.29. The Hall–Kier alpha value is -0.610. The van der Waals surface area contributed by atoms with Crippen molar-refractivity contribution in [3.63, 3.8) is 0 Å². The van der Waals surface area contributed by atoms with Gasteiger partial charge in [0, 0.05) is 19.4 Å². The van der Waals surface area contributed by atoms with Gasteiger partial charge in [-0.3, -0.25) is 4.79 Å². The van der Waals surface area contributed by atoms with E-state index in [0.717, 1.165) is 19.5 Å². The van der Waals surface area contributed by atoms with Crippen molar-refractivity contribution in [2.75, 3.05) is 19.7 Å². The van der Waals surface area contributed by atoms with Crippen molar-refractivity contribution in [3.8, 4) is 0 Å². The minimum atomic E-state index is -0.264. The summed E-state index contributed by atoms with van der Waals surface area (Å²) in [4.78, 5) is 10.6. The molecule has 4 heteroatoms. The average Bonchev–Trinajstić information content (AvgIpc) is 2.04. The lowest BCUT2D eigenvalue weighted by atomic mass is 9.97. The summed E-state index contributed by atoms with van der Waals surface area (Å²) < 4.78 is 5.06. The summed E-state index contributed by atoms with van der Waals surface area (Å²) in [6.45, 7) is 3.06. The molecule has 0 aromatic rings. The number of aliphatic hydroxyl groups excluding tert-OH is 1. The van der Waals surface area contributed by atoms with Gasteiger partial charge in [0.25, 0.3) is 0 Å². The Balaban J connectivity index is 2.41. The zero-order chi connectivity index (χ0) is 8.97. The van der Waals surface area contributed by atoms with E-state index in [4.69, 9.17) is 9.84 Å². The molecule has 1 heterocycles. The van der Waals surface area contributed by atoms with Gasteiger partial charge in [0.1, 0.15) is 6.10 Å². The fourth-order valence-corrected chi connectivity index (χ4v) is 1.45. The van der Waals surface area contributed by atoms with Crippen LogP contribution in [0.25, 0.3) is 0 Å². The Labute approximate surface area is 71.9 Å². The number of rotatable bonds is 2. The third-order valence-corrected chi connectivity index (χ3v) is 2.09. The van der Waals surface area contributed by atoms with E-state index < -0.39 is 0 Å². The van der Waals surface area contributed by atoms with Crippen molar-refractivity contribution in [1.82, 2.24) is 5.32 Å². The van der Waals surface area contributed by atoms with Crippen LogP contribution in [0.5, 0.6) is 0 Å². The van der Waals surface area contributed by atoms with Gasteiger partial charge < -0.3 is 15.2 Å². The molecule has 2 unspecified atom stereocenters. The number of hydrogen-bond acceptors (Lipinski definition) is 4. The van der Waals surface area contributed by atoms with Crippen molar-refractivity contribution in [2.45, 2.75) is 19.4 Å². The zero-order valence-corrected chi connectivity index (χ0v) is 7.25. The smallest absolute Gasteiger partial charge is 0.302 e. The minimum absolute atomic E-state index is 0.0580. The normalized spacial score (nSPS) is 29.8. The summed E-state index contributed by atoms with van der Waals surface area (Å²) in [6, 6.07) is 0. The summed E-state index contributed by atoms with van der Waals surface area (Å²) in [5.74, 6) is -0.206. The number of carbonyl (C=O) groups is 1. The predicted molar refractivity (Wildman–Crippen MR) is 43.6 cm³/mol. The molecule has 1 rings (SSSR count). The first-order chi connectivity index (χ1) is 5.74. The molecule has 70 valence electrons. The maximum Gasteiger partial charge on any atom is 0.302 e. The van der Waals surface area contributed by atoms with Crippen LogP contribution >= 0.6 is 0 Å². The molecule has 1 fully saturated rings. The number of piperidine rings is 1. The van der Waals surface area contributed by atoms with Gasteiger partial charge in [0.2, 0.25) is 0 Å². The van der Waals surface area contributed by atoms with E-state index in [2.05, 4.69) is 5.32 Å². The standard InChI is InChI=1S/C8H15NO3/c1-6(11)12-8-2-3-9-4-7(8)5-10/h7-10H,2-5H2,1H3. The molecule has 1 saturated heterocycles. The Morgan fingerprint density at radius 3 is 3.08 bits per heavy atom.